The fourth-order valence-corrected chi connectivity index (χ4v) is 1.09. The maximum absolute atomic E-state index is 5.59. The fraction of sp³-hybridized carbons (Fsp3) is 0.600. The minimum absolute atomic E-state index is 0.107. The van der Waals surface area contributed by atoms with Crippen LogP contribution >= 0.6 is 0 Å². The van der Waals surface area contributed by atoms with Crippen LogP contribution in [0.1, 0.15) is 26.1 Å². The zero-order valence-electron chi connectivity index (χ0n) is 9.86. The number of hydrazine groups is 1. The molecule has 0 aliphatic rings. The molecule has 16 heavy (non-hydrogen) atoms. The van der Waals surface area contributed by atoms with Crippen molar-refractivity contribution in [3.05, 3.63) is 11.9 Å². The van der Waals surface area contributed by atoms with E-state index < -0.39 is 0 Å². The van der Waals surface area contributed by atoms with E-state index in [9.17, 15) is 0 Å². The van der Waals surface area contributed by atoms with Gasteiger partial charge >= 0.3 is 0 Å². The van der Waals surface area contributed by atoms with Gasteiger partial charge in [-0.05, 0) is 13.3 Å². The van der Waals surface area contributed by atoms with Crippen molar-refractivity contribution in [3.63, 3.8) is 0 Å². The maximum atomic E-state index is 5.59. The quantitative estimate of drug-likeness (QED) is 0.558. The Morgan fingerprint density at radius 2 is 2.25 bits per heavy atom. The molecule has 0 radical (unpaired) electrons. The number of hydrogen-bond donors (Lipinski definition) is 2. The summed E-state index contributed by atoms with van der Waals surface area (Å²) in [7, 11) is 1.58. The summed E-state index contributed by atoms with van der Waals surface area (Å²) >= 11 is 0. The van der Waals surface area contributed by atoms with Crippen molar-refractivity contribution in [2.45, 2.75) is 33.0 Å². The Bertz CT molecular complexity index is 333. The molecule has 90 valence electrons. The second kappa shape index (κ2) is 6.24. The van der Waals surface area contributed by atoms with Gasteiger partial charge in [0.2, 0.25) is 5.88 Å². The molecule has 0 spiro atoms. The topological polar surface area (TPSA) is 82.3 Å². The number of aromatic nitrogens is 2. The van der Waals surface area contributed by atoms with Crippen LogP contribution in [-0.2, 0) is 11.3 Å². The molecule has 0 aromatic carbocycles. The summed E-state index contributed by atoms with van der Waals surface area (Å²) < 4.78 is 10.6. The minimum atomic E-state index is 0.107. The third-order valence-corrected chi connectivity index (χ3v) is 2.07. The van der Waals surface area contributed by atoms with E-state index in [1.165, 1.54) is 0 Å². The van der Waals surface area contributed by atoms with E-state index in [2.05, 4.69) is 15.4 Å². The van der Waals surface area contributed by atoms with E-state index in [1.54, 1.807) is 13.2 Å². The van der Waals surface area contributed by atoms with E-state index in [0.717, 1.165) is 6.42 Å². The smallest absolute Gasteiger partial charge is 0.219 e. The molecule has 1 aromatic rings. The number of rotatable bonds is 6. The average Bonchev–Trinajstić information content (AvgIpc) is 2.29. The standard InChI is InChI=1S/C10H18N4O2/c1-4-7(2)16-10-5-8(14-11)12-9(13-10)6-15-3/h5,7H,4,6,11H2,1-3H3,(H,12,13,14). The normalized spacial score (nSPS) is 12.2. The molecule has 6 nitrogen and oxygen atoms in total. The third kappa shape index (κ3) is 3.63. The SMILES string of the molecule is CCC(C)Oc1cc(NN)nc(COC)n1. The van der Waals surface area contributed by atoms with Gasteiger partial charge < -0.3 is 14.9 Å². The molecule has 1 unspecified atom stereocenters. The zero-order chi connectivity index (χ0) is 12.0. The van der Waals surface area contributed by atoms with Crippen molar-refractivity contribution in [1.29, 1.82) is 0 Å². The van der Waals surface area contributed by atoms with Crippen molar-refractivity contribution in [2.24, 2.45) is 5.84 Å². The van der Waals surface area contributed by atoms with Gasteiger partial charge in [-0.2, -0.15) is 4.98 Å². The molecule has 0 amide bonds. The summed E-state index contributed by atoms with van der Waals surface area (Å²) in [6.07, 6.45) is 1.02. The van der Waals surface area contributed by atoms with Crippen LogP contribution in [0.4, 0.5) is 5.82 Å². The van der Waals surface area contributed by atoms with Gasteiger partial charge in [-0.15, -0.1) is 0 Å². The molecule has 0 saturated carbocycles. The van der Waals surface area contributed by atoms with Crippen LogP contribution in [0.25, 0.3) is 0 Å². The lowest BCUT2D eigenvalue weighted by molar-refractivity contribution is 0.172. The first-order valence-corrected chi connectivity index (χ1v) is 5.19. The summed E-state index contributed by atoms with van der Waals surface area (Å²) in [6, 6.07) is 1.66. The predicted molar refractivity (Wildman–Crippen MR) is 60.9 cm³/mol. The molecular weight excluding hydrogens is 208 g/mol. The van der Waals surface area contributed by atoms with Gasteiger partial charge in [0.1, 0.15) is 12.4 Å². The molecular formula is C10H18N4O2. The summed E-state index contributed by atoms with van der Waals surface area (Å²) in [5.41, 5.74) is 2.47. The van der Waals surface area contributed by atoms with Gasteiger partial charge in [0.05, 0.1) is 6.10 Å². The lowest BCUT2D eigenvalue weighted by atomic mass is 10.3. The summed E-state index contributed by atoms with van der Waals surface area (Å²) in [6.45, 7) is 4.35. The van der Waals surface area contributed by atoms with Gasteiger partial charge in [0.15, 0.2) is 5.82 Å². The van der Waals surface area contributed by atoms with E-state index >= 15 is 0 Å². The molecule has 1 heterocycles. The number of nitrogens with one attached hydrogen (secondary N) is 1. The molecule has 6 heteroatoms. The lowest BCUT2D eigenvalue weighted by Gasteiger charge is -2.13. The van der Waals surface area contributed by atoms with Gasteiger partial charge in [-0.25, -0.2) is 10.8 Å². The lowest BCUT2D eigenvalue weighted by Crippen LogP contribution is -2.15. The van der Waals surface area contributed by atoms with Crippen molar-refractivity contribution >= 4 is 5.82 Å². The number of hydrogen-bond acceptors (Lipinski definition) is 6. The maximum Gasteiger partial charge on any atom is 0.219 e. The van der Waals surface area contributed by atoms with E-state index in [-0.39, 0.29) is 6.10 Å². The highest BCUT2D eigenvalue weighted by Crippen LogP contribution is 2.15. The predicted octanol–water partition coefficient (Wildman–Crippen LogP) is 1.09. The second-order valence-electron chi connectivity index (χ2n) is 3.42. The molecule has 0 saturated heterocycles. The number of nitrogens with zero attached hydrogens (tertiary/aromatic N) is 2. The second-order valence-corrected chi connectivity index (χ2v) is 3.42. The van der Waals surface area contributed by atoms with Crippen LogP contribution in [0.2, 0.25) is 0 Å². The summed E-state index contributed by atoms with van der Waals surface area (Å²) in [4.78, 5) is 8.33. The molecule has 0 aliphatic heterocycles. The average molecular weight is 226 g/mol. The summed E-state index contributed by atoms with van der Waals surface area (Å²) in [5, 5.41) is 0. The summed E-state index contributed by atoms with van der Waals surface area (Å²) in [5.74, 6) is 6.87. The van der Waals surface area contributed by atoms with E-state index in [0.29, 0.717) is 24.1 Å². The van der Waals surface area contributed by atoms with Crippen LogP contribution < -0.4 is 16.0 Å². The molecule has 0 bridgehead atoms. The van der Waals surface area contributed by atoms with Crippen molar-refractivity contribution in [2.75, 3.05) is 12.5 Å². The Morgan fingerprint density at radius 3 is 2.81 bits per heavy atom. The van der Waals surface area contributed by atoms with Gasteiger partial charge in [-0.1, -0.05) is 6.92 Å². The van der Waals surface area contributed by atoms with Crippen molar-refractivity contribution in [3.8, 4) is 5.88 Å². The number of nitrogen functional groups attached to an aromatic ring is 1. The van der Waals surface area contributed by atoms with Crippen LogP contribution in [0.15, 0.2) is 6.07 Å². The van der Waals surface area contributed by atoms with E-state index in [4.69, 9.17) is 15.3 Å². The van der Waals surface area contributed by atoms with Crippen molar-refractivity contribution < 1.29 is 9.47 Å². The highest BCUT2D eigenvalue weighted by Gasteiger charge is 2.07. The van der Waals surface area contributed by atoms with Gasteiger partial charge in [0, 0.05) is 13.2 Å². The van der Waals surface area contributed by atoms with Crippen molar-refractivity contribution in [1.82, 2.24) is 9.97 Å². The number of methoxy groups -OCH3 is 1. The Balaban J connectivity index is 2.85. The molecule has 1 rings (SSSR count). The molecule has 3 N–H and O–H groups in total. The van der Waals surface area contributed by atoms with Crippen LogP contribution in [0, 0.1) is 0 Å². The number of anilines is 1. The first kappa shape index (κ1) is 12.7. The van der Waals surface area contributed by atoms with E-state index in [1.807, 2.05) is 13.8 Å². The highest BCUT2D eigenvalue weighted by molar-refractivity contribution is 5.36. The first-order chi connectivity index (χ1) is 7.69. The monoisotopic (exact) mass is 226 g/mol. The van der Waals surface area contributed by atoms with Gasteiger partial charge in [-0.3, -0.25) is 0 Å². The Morgan fingerprint density at radius 1 is 1.50 bits per heavy atom. The van der Waals surface area contributed by atoms with Crippen LogP contribution in [-0.4, -0.2) is 23.2 Å². The van der Waals surface area contributed by atoms with Gasteiger partial charge in [0.25, 0.3) is 0 Å². The Labute approximate surface area is 95.1 Å². The Hall–Kier alpha value is -1.40. The number of nitrogens with two attached hydrogens (primary N) is 1. The zero-order valence-corrected chi connectivity index (χ0v) is 9.86. The van der Waals surface area contributed by atoms with Crippen LogP contribution in [0.5, 0.6) is 5.88 Å². The minimum Gasteiger partial charge on any atom is -0.475 e. The third-order valence-electron chi connectivity index (χ3n) is 2.07. The molecule has 1 atom stereocenters. The largest absolute Gasteiger partial charge is 0.475 e. The van der Waals surface area contributed by atoms with Crippen LogP contribution in [0.3, 0.4) is 0 Å². The molecule has 0 fully saturated rings. The Kier molecular flexibility index (Phi) is 4.94. The highest BCUT2D eigenvalue weighted by atomic mass is 16.5. The number of ether oxygens (including phenoxy) is 2. The molecule has 1 aromatic heterocycles. The fourth-order valence-electron chi connectivity index (χ4n) is 1.09. The first-order valence-electron chi connectivity index (χ1n) is 5.19. The molecule has 0 aliphatic carbocycles.